The van der Waals surface area contributed by atoms with Gasteiger partial charge in [-0.05, 0) is 18.2 Å². The van der Waals surface area contributed by atoms with Gasteiger partial charge in [-0.15, -0.1) is 5.11 Å². The molecule has 1 aromatic carbocycles. The van der Waals surface area contributed by atoms with Crippen molar-refractivity contribution in [2.75, 3.05) is 0 Å². The predicted octanol–water partition coefficient (Wildman–Crippen LogP) is 4.43. The van der Waals surface area contributed by atoms with Crippen LogP contribution in [0.3, 0.4) is 0 Å². The fourth-order valence-corrected chi connectivity index (χ4v) is 1.84. The highest BCUT2D eigenvalue weighted by atomic mass is 19.4. The zero-order valence-electron chi connectivity index (χ0n) is 12.2. The van der Waals surface area contributed by atoms with Gasteiger partial charge in [-0.2, -0.15) is 18.3 Å². The van der Waals surface area contributed by atoms with Crippen LogP contribution in [0.2, 0.25) is 0 Å². The minimum atomic E-state index is -4.45. The van der Waals surface area contributed by atoms with E-state index < -0.39 is 17.3 Å². The maximum Gasteiger partial charge on any atom is 0.416 e. The molecule has 0 aliphatic heterocycles. The van der Waals surface area contributed by atoms with Crippen molar-refractivity contribution in [3.05, 3.63) is 45.9 Å². The Balaban J connectivity index is 2.38. The Bertz CT molecular complexity index is 750. The Morgan fingerprint density at radius 1 is 1.05 bits per heavy atom. The average Bonchev–Trinajstić information content (AvgIpc) is 2.77. The molecule has 0 unspecified atom stereocenters. The van der Waals surface area contributed by atoms with Crippen molar-refractivity contribution in [3.63, 3.8) is 0 Å². The second-order valence-electron chi connectivity index (χ2n) is 5.80. The third-order valence-corrected chi connectivity index (χ3v) is 2.94. The van der Waals surface area contributed by atoms with Gasteiger partial charge in [0.05, 0.1) is 16.9 Å². The summed E-state index contributed by atoms with van der Waals surface area (Å²) in [5.41, 5.74) is -1.06. The van der Waals surface area contributed by atoms with Gasteiger partial charge in [-0.1, -0.05) is 26.8 Å². The second kappa shape index (κ2) is 5.43. The van der Waals surface area contributed by atoms with E-state index in [1.165, 1.54) is 12.1 Å². The van der Waals surface area contributed by atoms with E-state index in [0.717, 1.165) is 12.1 Å². The number of hydrogen-bond donors (Lipinski definition) is 2. The molecule has 0 atom stereocenters. The molecule has 0 fully saturated rings. The summed E-state index contributed by atoms with van der Waals surface area (Å²) in [6, 6.07) is 4.45. The number of aromatic nitrogens is 2. The number of halogens is 3. The van der Waals surface area contributed by atoms with Crippen LogP contribution in [0.4, 0.5) is 24.5 Å². The van der Waals surface area contributed by atoms with Crippen LogP contribution in [0.5, 0.6) is 0 Å². The lowest BCUT2D eigenvalue weighted by Gasteiger charge is -2.15. The summed E-state index contributed by atoms with van der Waals surface area (Å²) in [4.78, 5) is 11.7. The molecule has 2 N–H and O–H groups in total. The average molecular weight is 312 g/mol. The summed E-state index contributed by atoms with van der Waals surface area (Å²) in [5, 5.41) is 12.7. The Morgan fingerprint density at radius 3 is 2.32 bits per heavy atom. The molecule has 8 heteroatoms. The van der Waals surface area contributed by atoms with Crippen LogP contribution < -0.4 is 5.56 Å². The summed E-state index contributed by atoms with van der Waals surface area (Å²) in [7, 11) is 0. The van der Waals surface area contributed by atoms with Crippen molar-refractivity contribution in [1.82, 2.24) is 10.2 Å². The topological polar surface area (TPSA) is 73.4 Å². The van der Waals surface area contributed by atoms with Crippen molar-refractivity contribution >= 4 is 11.4 Å². The first-order chi connectivity index (χ1) is 10.1. The lowest BCUT2D eigenvalue weighted by Crippen LogP contribution is -2.12. The molecule has 0 radical (unpaired) electrons. The normalized spacial score (nSPS) is 13.0. The number of H-pyrrole nitrogens is 2. The lowest BCUT2D eigenvalue weighted by atomic mass is 9.91. The molecule has 0 saturated carbocycles. The van der Waals surface area contributed by atoms with Crippen LogP contribution >= 0.6 is 0 Å². The molecule has 0 spiro atoms. The SMILES string of the molecule is CC(C)(C)c1[nH][nH]c(=O)c1N=Nc1cccc(C(F)(F)F)c1. The molecule has 0 bridgehead atoms. The van der Waals surface area contributed by atoms with E-state index in [2.05, 4.69) is 20.4 Å². The highest BCUT2D eigenvalue weighted by Gasteiger charge is 2.30. The number of aromatic amines is 2. The van der Waals surface area contributed by atoms with Crippen LogP contribution in [0, 0.1) is 0 Å². The summed E-state index contributed by atoms with van der Waals surface area (Å²) < 4.78 is 37.9. The minimum absolute atomic E-state index is 0.0234. The molecule has 2 rings (SSSR count). The molecule has 118 valence electrons. The van der Waals surface area contributed by atoms with Gasteiger partial charge in [-0.25, -0.2) is 0 Å². The van der Waals surface area contributed by atoms with Crippen molar-refractivity contribution < 1.29 is 13.2 Å². The van der Waals surface area contributed by atoms with Crippen LogP contribution in [-0.2, 0) is 11.6 Å². The van der Waals surface area contributed by atoms with Crippen LogP contribution in [-0.4, -0.2) is 10.2 Å². The van der Waals surface area contributed by atoms with Crippen molar-refractivity contribution in [2.24, 2.45) is 10.2 Å². The van der Waals surface area contributed by atoms with Gasteiger partial charge < -0.3 is 0 Å². The van der Waals surface area contributed by atoms with E-state index in [0.29, 0.717) is 5.69 Å². The van der Waals surface area contributed by atoms with Crippen molar-refractivity contribution in [1.29, 1.82) is 0 Å². The second-order valence-corrected chi connectivity index (χ2v) is 5.80. The number of nitrogens with one attached hydrogen (secondary N) is 2. The smallest absolute Gasteiger partial charge is 0.299 e. The molecular weight excluding hydrogens is 297 g/mol. The molecule has 0 amide bonds. The number of benzene rings is 1. The largest absolute Gasteiger partial charge is 0.416 e. The molecule has 2 aromatic rings. The number of alkyl halides is 3. The highest BCUT2D eigenvalue weighted by Crippen LogP contribution is 2.32. The summed E-state index contributed by atoms with van der Waals surface area (Å²) in [6.45, 7) is 5.61. The van der Waals surface area contributed by atoms with Gasteiger partial charge >= 0.3 is 6.18 Å². The van der Waals surface area contributed by atoms with Crippen LogP contribution in [0.1, 0.15) is 32.0 Å². The van der Waals surface area contributed by atoms with E-state index in [-0.39, 0.29) is 16.8 Å². The maximum atomic E-state index is 12.6. The standard InChI is InChI=1S/C14H15F3N4O/c1-13(2,3)11-10(12(22)21-20-11)19-18-9-6-4-5-8(7-9)14(15,16)17/h4-7H,1-3H3,(H2,20,21,22). The lowest BCUT2D eigenvalue weighted by molar-refractivity contribution is -0.137. The molecular formula is C14H15F3N4O. The minimum Gasteiger partial charge on any atom is -0.299 e. The first kappa shape index (κ1) is 16.0. The zero-order valence-corrected chi connectivity index (χ0v) is 12.2. The van der Waals surface area contributed by atoms with Crippen LogP contribution in [0.15, 0.2) is 39.3 Å². The molecule has 0 aliphatic rings. The Morgan fingerprint density at radius 2 is 1.73 bits per heavy atom. The zero-order chi connectivity index (χ0) is 16.5. The molecule has 0 aliphatic carbocycles. The number of hydrogen-bond acceptors (Lipinski definition) is 3. The molecule has 22 heavy (non-hydrogen) atoms. The van der Waals surface area contributed by atoms with Gasteiger partial charge in [0, 0.05) is 5.41 Å². The first-order valence-electron chi connectivity index (χ1n) is 6.49. The molecule has 0 saturated heterocycles. The Hall–Kier alpha value is -2.38. The van der Waals surface area contributed by atoms with Crippen molar-refractivity contribution in [3.8, 4) is 0 Å². The highest BCUT2D eigenvalue weighted by molar-refractivity contribution is 5.45. The van der Waals surface area contributed by atoms with Gasteiger partial charge in [0.15, 0.2) is 5.69 Å². The molecule has 1 aromatic heterocycles. The monoisotopic (exact) mass is 312 g/mol. The summed E-state index contributed by atoms with van der Waals surface area (Å²) in [6.07, 6.45) is -4.45. The summed E-state index contributed by atoms with van der Waals surface area (Å²) >= 11 is 0. The van der Waals surface area contributed by atoms with Crippen molar-refractivity contribution in [2.45, 2.75) is 32.4 Å². The van der Waals surface area contributed by atoms with Gasteiger partial charge in [0.2, 0.25) is 0 Å². The molecule has 5 nitrogen and oxygen atoms in total. The number of azo groups is 1. The van der Waals surface area contributed by atoms with E-state index in [4.69, 9.17) is 0 Å². The Labute approximate surface area is 124 Å². The van der Waals surface area contributed by atoms with Gasteiger partial charge in [-0.3, -0.25) is 15.0 Å². The Kier molecular flexibility index (Phi) is 3.95. The van der Waals surface area contributed by atoms with Crippen LogP contribution in [0.25, 0.3) is 0 Å². The third kappa shape index (κ3) is 3.44. The first-order valence-corrected chi connectivity index (χ1v) is 6.49. The number of nitrogens with zero attached hydrogens (tertiary/aromatic N) is 2. The number of rotatable bonds is 2. The fraction of sp³-hybridized carbons (Fsp3) is 0.357. The van der Waals surface area contributed by atoms with Gasteiger partial charge in [0.1, 0.15) is 0 Å². The van der Waals surface area contributed by atoms with Gasteiger partial charge in [0.25, 0.3) is 5.56 Å². The van der Waals surface area contributed by atoms with E-state index in [9.17, 15) is 18.0 Å². The van der Waals surface area contributed by atoms with E-state index in [1.807, 2.05) is 20.8 Å². The third-order valence-electron chi connectivity index (χ3n) is 2.94. The predicted molar refractivity (Wildman–Crippen MR) is 75.7 cm³/mol. The van der Waals surface area contributed by atoms with E-state index >= 15 is 0 Å². The fourth-order valence-electron chi connectivity index (χ4n) is 1.84. The van der Waals surface area contributed by atoms with E-state index in [1.54, 1.807) is 0 Å². The molecule has 1 heterocycles. The maximum absolute atomic E-state index is 12.6. The quantitative estimate of drug-likeness (QED) is 0.791. The summed E-state index contributed by atoms with van der Waals surface area (Å²) in [5.74, 6) is 0.